The van der Waals surface area contributed by atoms with Crippen LogP contribution in [0.25, 0.3) is 5.69 Å². The monoisotopic (exact) mass is 506 g/mol. The van der Waals surface area contributed by atoms with Crippen LogP contribution in [-0.2, 0) is 11.3 Å². The first-order chi connectivity index (χ1) is 17.4. The summed E-state index contributed by atoms with van der Waals surface area (Å²) < 4.78 is 1.67. The van der Waals surface area contributed by atoms with Crippen LogP contribution in [0, 0.1) is 0 Å². The fraction of sp³-hybridized carbons (Fsp3) is 0.308. The Bertz CT molecular complexity index is 1290. The summed E-state index contributed by atoms with van der Waals surface area (Å²) in [6.45, 7) is 3.93. The van der Waals surface area contributed by atoms with Crippen molar-refractivity contribution in [2.24, 2.45) is 0 Å². The third-order valence-electron chi connectivity index (χ3n) is 6.66. The van der Waals surface area contributed by atoms with Crippen LogP contribution >= 0.6 is 11.6 Å². The number of carbonyl (C=O) groups excluding carboxylic acids is 3. The molecule has 5 rings (SSSR count). The number of halogens is 1. The number of likely N-dealkylation sites (tertiary alicyclic amines) is 1. The van der Waals surface area contributed by atoms with Gasteiger partial charge in [0.05, 0.1) is 22.8 Å². The predicted octanol–water partition coefficient (Wildman–Crippen LogP) is 3.32. The summed E-state index contributed by atoms with van der Waals surface area (Å²) in [5, 5.41) is 7.29. The highest BCUT2D eigenvalue weighted by Gasteiger charge is 2.32. The van der Waals surface area contributed by atoms with Crippen molar-refractivity contribution in [2.75, 3.05) is 31.1 Å². The Kier molecular flexibility index (Phi) is 6.65. The predicted molar refractivity (Wildman–Crippen MR) is 136 cm³/mol. The molecule has 0 saturated carbocycles. The van der Waals surface area contributed by atoms with Crippen LogP contribution in [-0.4, -0.2) is 69.6 Å². The molecule has 0 radical (unpaired) electrons. The van der Waals surface area contributed by atoms with Crippen molar-refractivity contribution in [1.82, 2.24) is 24.9 Å². The van der Waals surface area contributed by atoms with Gasteiger partial charge in [0.1, 0.15) is 0 Å². The smallest absolute Gasteiger partial charge is 0.318 e. The summed E-state index contributed by atoms with van der Waals surface area (Å²) in [6, 6.07) is 13.9. The molecule has 10 heteroatoms. The minimum Gasteiger partial charge on any atom is -0.341 e. The number of nitrogens with zero attached hydrogens (tertiary/aromatic N) is 5. The molecule has 1 N–H and O–H groups in total. The van der Waals surface area contributed by atoms with Gasteiger partial charge < -0.3 is 20.0 Å². The van der Waals surface area contributed by atoms with E-state index in [4.69, 9.17) is 11.6 Å². The Hall–Kier alpha value is -3.85. The fourth-order valence-corrected chi connectivity index (χ4v) is 4.75. The van der Waals surface area contributed by atoms with Crippen molar-refractivity contribution in [3.8, 4) is 5.69 Å². The zero-order valence-corrected chi connectivity index (χ0v) is 20.7. The number of anilines is 1. The van der Waals surface area contributed by atoms with Crippen LogP contribution in [0.1, 0.15) is 29.3 Å². The maximum atomic E-state index is 13.7. The quantitative estimate of drug-likeness (QED) is 0.587. The van der Waals surface area contributed by atoms with Crippen molar-refractivity contribution in [3.63, 3.8) is 0 Å². The summed E-state index contributed by atoms with van der Waals surface area (Å²) in [6.07, 6.45) is 4.47. The number of rotatable bonds is 4. The number of amides is 4. The lowest BCUT2D eigenvalue weighted by atomic mass is 10.1. The molecule has 186 valence electrons. The second kappa shape index (κ2) is 10.0. The van der Waals surface area contributed by atoms with Crippen LogP contribution in [0.3, 0.4) is 0 Å². The minimum absolute atomic E-state index is 0.0371. The average molecular weight is 507 g/mol. The standard InChI is InChI=1S/C26H27ClN6O3/c1-18-16-32(25(35)21-9-8-20(14-22(21)27)33-13-4-10-29-33)23-7-3-2-6-19(23)17-31(18)26(36)28-15-24(34)30-11-5-12-30/h2-4,6-10,13-14,18H,5,11-12,15-17H2,1H3,(H,28,36)/t18-/m1/s1. The van der Waals surface area contributed by atoms with Crippen LogP contribution in [0.15, 0.2) is 60.9 Å². The van der Waals surface area contributed by atoms with E-state index >= 15 is 0 Å². The van der Waals surface area contributed by atoms with Gasteiger partial charge in [-0.2, -0.15) is 5.10 Å². The molecule has 3 aromatic rings. The molecule has 4 amide bonds. The van der Waals surface area contributed by atoms with E-state index in [1.54, 1.807) is 50.0 Å². The van der Waals surface area contributed by atoms with E-state index in [-0.39, 0.29) is 37.0 Å². The van der Waals surface area contributed by atoms with Gasteiger partial charge in [0.25, 0.3) is 5.91 Å². The van der Waals surface area contributed by atoms with Gasteiger partial charge in [-0.15, -0.1) is 0 Å². The average Bonchev–Trinajstić information content (AvgIpc) is 3.33. The SMILES string of the molecule is C[C@@H]1CN(C(=O)c2ccc(-n3cccn3)cc2Cl)c2ccccc2CN1C(=O)NCC(=O)N1CCC1. The maximum Gasteiger partial charge on any atom is 0.318 e. The van der Waals surface area contributed by atoms with E-state index in [0.717, 1.165) is 36.4 Å². The van der Waals surface area contributed by atoms with Gasteiger partial charge in [0.15, 0.2) is 0 Å². The second-order valence-corrected chi connectivity index (χ2v) is 9.44. The zero-order chi connectivity index (χ0) is 25.2. The van der Waals surface area contributed by atoms with Gasteiger partial charge in [-0.1, -0.05) is 29.8 Å². The normalized spacial score (nSPS) is 17.2. The van der Waals surface area contributed by atoms with Crippen LogP contribution in [0.2, 0.25) is 5.02 Å². The van der Waals surface area contributed by atoms with E-state index in [1.807, 2.05) is 37.3 Å². The Morgan fingerprint density at radius 1 is 1.11 bits per heavy atom. The number of nitrogens with one attached hydrogen (secondary N) is 1. The van der Waals surface area contributed by atoms with Crippen molar-refractivity contribution in [3.05, 3.63) is 77.1 Å². The topological polar surface area (TPSA) is 90.8 Å². The molecule has 0 spiro atoms. The number of para-hydroxylation sites is 1. The molecule has 1 saturated heterocycles. The van der Waals surface area contributed by atoms with E-state index in [0.29, 0.717) is 17.1 Å². The van der Waals surface area contributed by atoms with Gasteiger partial charge in [0.2, 0.25) is 5.91 Å². The van der Waals surface area contributed by atoms with Gasteiger partial charge >= 0.3 is 6.03 Å². The number of aromatic nitrogens is 2. The van der Waals surface area contributed by atoms with E-state index < -0.39 is 0 Å². The highest BCUT2D eigenvalue weighted by Crippen LogP contribution is 2.30. The molecule has 0 bridgehead atoms. The summed E-state index contributed by atoms with van der Waals surface area (Å²) in [5.74, 6) is -0.330. The molecule has 2 aromatic carbocycles. The number of fused-ring (bicyclic) bond motifs is 1. The summed E-state index contributed by atoms with van der Waals surface area (Å²) in [5.41, 5.74) is 2.69. The Balaban J connectivity index is 1.37. The van der Waals surface area contributed by atoms with Gasteiger partial charge in [0, 0.05) is 50.3 Å². The molecular weight excluding hydrogens is 480 g/mol. The fourth-order valence-electron chi connectivity index (χ4n) is 4.49. The summed E-state index contributed by atoms with van der Waals surface area (Å²) in [7, 11) is 0. The maximum absolute atomic E-state index is 13.7. The number of hydrogen-bond donors (Lipinski definition) is 1. The molecule has 2 aliphatic heterocycles. The number of carbonyl (C=O) groups is 3. The van der Waals surface area contributed by atoms with Crippen molar-refractivity contribution < 1.29 is 14.4 Å². The molecule has 1 atom stereocenters. The first-order valence-corrected chi connectivity index (χ1v) is 12.3. The molecule has 36 heavy (non-hydrogen) atoms. The van der Waals surface area contributed by atoms with Crippen molar-refractivity contribution in [2.45, 2.75) is 25.9 Å². The molecule has 1 aromatic heterocycles. The minimum atomic E-state index is -0.331. The van der Waals surface area contributed by atoms with Gasteiger partial charge in [-0.25, -0.2) is 9.48 Å². The Labute approximate surface area is 214 Å². The third-order valence-corrected chi connectivity index (χ3v) is 6.97. The van der Waals surface area contributed by atoms with Crippen LogP contribution < -0.4 is 10.2 Å². The van der Waals surface area contributed by atoms with Gasteiger partial charge in [-0.05, 0) is 49.2 Å². The lowest BCUT2D eigenvalue weighted by molar-refractivity contribution is -0.133. The van der Waals surface area contributed by atoms with E-state index in [2.05, 4.69) is 10.4 Å². The first kappa shape index (κ1) is 23.9. The molecule has 1 fully saturated rings. The molecule has 0 aliphatic carbocycles. The van der Waals surface area contributed by atoms with Gasteiger partial charge in [-0.3, -0.25) is 9.59 Å². The lowest BCUT2D eigenvalue weighted by Gasteiger charge is -2.32. The Morgan fingerprint density at radius 3 is 2.61 bits per heavy atom. The highest BCUT2D eigenvalue weighted by atomic mass is 35.5. The van der Waals surface area contributed by atoms with E-state index in [9.17, 15) is 14.4 Å². The molecule has 0 unspecified atom stereocenters. The largest absolute Gasteiger partial charge is 0.341 e. The molecule has 3 heterocycles. The van der Waals surface area contributed by atoms with Crippen LogP contribution in [0.5, 0.6) is 0 Å². The first-order valence-electron chi connectivity index (χ1n) is 11.9. The highest BCUT2D eigenvalue weighted by molar-refractivity contribution is 6.34. The Morgan fingerprint density at radius 2 is 1.92 bits per heavy atom. The summed E-state index contributed by atoms with van der Waals surface area (Å²) >= 11 is 6.56. The third kappa shape index (κ3) is 4.66. The number of hydrogen-bond acceptors (Lipinski definition) is 4. The second-order valence-electron chi connectivity index (χ2n) is 9.03. The zero-order valence-electron chi connectivity index (χ0n) is 19.9. The lowest BCUT2D eigenvalue weighted by Crippen LogP contribution is -2.52. The molecule has 9 nitrogen and oxygen atoms in total. The summed E-state index contributed by atoms with van der Waals surface area (Å²) in [4.78, 5) is 44.1. The van der Waals surface area contributed by atoms with Crippen molar-refractivity contribution in [1.29, 1.82) is 0 Å². The number of urea groups is 1. The molecule has 2 aliphatic rings. The number of benzene rings is 2. The van der Waals surface area contributed by atoms with Crippen LogP contribution in [0.4, 0.5) is 10.5 Å². The van der Waals surface area contributed by atoms with E-state index in [1.165, 1.54) is 0 Å². The molecular formula is C26H27ClN6O3. The van der Waals surface area contributed by atoms with Crippen molar-refractivity contribution >= 4 is 35.1 Å².